The van der Waals surface area contributed by atoms with Crippen LogP contribution in [0.25, 0.3) is 0 Å². The zero-order valence-corrected chi connectivity index (χ0v) is 10.0. The van der Waals surface area contributed by atoms with Gasteiger partial charge in [0.1, 0.15) is 11.9 Å². The number of benzene rings is 2. The van der Waals surface area contributed by atoms with Gasteiger partial charge in [0.05, 0.1) is 7.11 Å². The first-order valence-electron chi connectivity index (χ1n) is 5.50. The number of ether oxygens (including phenoxy) is 1. The number of hydrogen-bond acceptors (Lipinski definition) is 2. The fraction of sp³-hybridized carbons (Fsp3) is 0.143. The van der Waals surface area contributed by atoms with Crippen molar-refractivity contribution in [2.75, 3.05) is 7.11 Å². The first kappa shape index (κ1) is 13.4. The van der Waals surface area contributed by atoms with Crippen molar-refractivity contribution < 1.29 is 23.0 Å². The van der Waals surface area contributed by atoms with E-state index in [2.05, 4.69) is 0 Å². The van der Waals surface area contributed by atoms with Crippen LogP contribution in [-0.4, -0.2) is 12.2 Å². The molecule has 0 saturated carbocycles. The standard InChI is InChI=1S/C14H11F3O2/c1-19-12-5-3-2-4-9(12)14(18)8-6-10(15)13(17)11(16)7-8/h2-7,14,18H,1H3. The number of methoxy groups -OCH3 is 1. The molecule has 0 fully saturated rings. The molecule has 1 N–H and O–H groups in total. The summed E-state index contributed by atoms with van der Waals surface area (Å²) in [6, 6.07) is 8.03. The molecule has 0 spiro atoms. The number of rotatable bonds is 3. The van der Waals surface area contributed by atoms with E-state index in [0.29, 0.717) is 11.3 Å². The fourth-order valence-corrected chi connectivity index (χ4v) is 1.80. The van der Waals surface area contributed by atoms with E-state index in [-0.39, 0.29) is 5.56 Å². The molecule has 0 heterocycles. The summed E-state index contributed by atoms with van der Waals surface area (Å²) in [5.74, 6) is -3.87. The lowest BCUT2D eigenvalue weighted by Crippen LogP contribution is -2.04. The second-order valence-electron chi connectivity index (χ2n) is 3.94. The summed E-state index contributed by atoms with van der Waals surface area (Å²) in [6.07, 6.45) is -1.30. The number of hydrogen-bond donors (Lipinski definition) is 1. The molecule has 2 nitrogen and oxygen atoms in total. The van der Waals surface area contributed by atoms with Gasteiger partial charge in [-0.2, -0.15) is 0 Å². The topological polar surface area (TPSA) is 29.5 Å². The SMILES string of the molecule is COc1ccccc1C(O)c1cc(F)c(F)c(F)c1. The molecule has 0 aliphatic carbocycles. The molecule has 0 aliphatic rings. The van der Waals surface area contributed by atoms with Crippen LogP contribution in [0.3, 0.4) is 0 Å². The molecule has 0 aliphatic heterocycles. The monoisotopic (exact) mass is 268 g/mol. The molecule has 0 saturated heterocycles. The number of aliphatic hydroxyl groups excluding tert-OH is 1. The summed E-state index contributed by atoms with van der Waals surface area (Å²) >= 11 is 0. The predicted octanol–water partition coefficient (Wildman–Crippen LogP) is 3.19. The zero-order valence-electron chi connectivity index (χ0n) is 10.0. The Labute approximate surface area is 108 Å². The molecule has 0 aromatic heterocycles. The minimum absolute atomic E-state index is 0.0825. The average Bonchev–Trinajstić information content (AvgIpc) is 2.43. The molecular weight excluding hydrogens is 257 g/mol. The molecule has 1 atom stereocenters. The van der Waals surface area contributed by atoms with E-state index in [4.69, 9.17) is 4.74 Å². The van der Waals surface area contributed by atoms with E-state index in [1.165, 1.54) is 7.11 Å². The van der Waals surface area contributed by atoms with Crippen molar-refractivity contribution in [3.8, 4) is 5.75 Å². The molecule has 0 amide bonds. The van der Waals surface area contributed by atoms with Crippen molar-refractivity contribution in [1.29, 1.82) is 0 Å². The first-order valence-corrected chi connectivity index (χ1v) is 5.50. The van der Waals surface area contributed by atoms with Crippen LogP contribution in [0, 0.1) is 17.5 Å². The van der Waals surface area contributed by atoms with Crippen LogP contribution in [0.2, 0.25) is 0 Å². The maximum Gasteiger partial charge on any atom is 0.194 e. The van der Waals surface area contributed by atoms with Crippen LogP contribution in [0.5, 0.6) is 5.75 Å². The molecule has 2 rings (SSSR count). The highest BCUT2D eigenvalue weighted by molar-refractivity contribution is 5.40. The molecule has 0 bridgehead atoms. The first-order chi connectivity index (χ1) is 9.04. The van der Waals surface area contributed by atoms with Crippen LogP contribution in [0.4, 0.5) is 13.2 Å². The van der Waals surface area contributed by atoms with Crippen LogP contribution in [0.1, 0.15) is 17.2 Å². The summed E-state index contributed by atoms with van der Waals surface area (Å²) in [7, 11) is 1.41. The van der Waals surface area contributed by atoms with Crippen molar-refractivity contribution in [3.63, 3.8) is 0 Å². The van der Waals surface area contributed by atoms with E-state index in [0.717, 1.165) is 12.1 Å². The normalized spacial score (nSPS) is 12.3. The van der Waals surface area contributed by atoms with Crippen molar-refractivity contribution in [2.45, 2.75) is 6.10 Å². The van der Waals surface area contributed by atoms with E-state index >= 15 is 0 Å². The van der Waals surface area contributed by atoms with Gasteiger partial charge in [-0.25, -0.2) is 13.2 Å². The summed E-state index contributed by atoms with van der Waals surface area (Å²) in [6.45, 7) is 0. The van der Waals surface area contributed by atoms with E-state index in [1.807, 2.05) is 0 Å². The van der Waals surface area contributed by atoms with Crippen LogP contribution >= 0.6 is 0 Å². The lowest BCUT2D eigenvalue weighted by Gasteiger charge is -2.15. The Morgan fingerprint density at radius 1 is 1.05 bits per heavy atom. The van der Waals surface area contributed by atoms with Gasteiger partial charge in [0.25, 0.3) is 0 Å². The van der Waals surface area contributed by atoms with Gasteiger partial charge in [-0.15, -0.1) is 0 Å². The second-order valence-corrected chi connectivity index (χ2v) is 3.94. The Bertz CT molecular complexity index is 576. The van der Waals surface area contributed by atoms with E-state index in [1.54, 1.807) is 24.3 Å². The molecule has 19 heavy (non-hydrogen) atoms. The smallest absolute Gasteiger partial charge is 0.194 e. The number of halogens is 3. The molecule has 5 heteroatoms. The average molecular weight is 268 g/mol. The van der Waals surface area contributed by atoms with Gasteiger partial charge in [0, 0.05) is 5.56 Å². The van der Waals surface area contributed by atoms with Crippen molar-refractivity contribution in [3.05, 3.63) is 65.0 Å². The highest BCUT2D eigenvalue weighted by atomic mass is 19.2. The molecule has 100 valence electrons. The molecular formula is C14H11F3O2. The van der Waals surface area contributed by atoms with Gasteiger partial charge >= 0.3 is 0 Å². The molecule has 2 aromatic rings. The number of para-hydroxylation sites is 1. The van der Waals surface area contributed by atoms with Gasteiger partial charge in [0.2, 0.25) is 0 Å². The van der Waals surface area contributed by atoms with E-state index in [9.17, 15) is 18.3 Å². The second kappa shape index (κ2) is 5.32. The Balaban J connectivity index is 2.47. The van der Waals surface area contributed by atoms with Crippen LogP contribution < -0.4 is 4.74 Å². The van der Waals surface area contributed by atoms with Crippen LogP contribution in [0.15, 0.2) is 36.4 Å². The lowest BCUT2D eigenvalue weighted by atomic mass is 10.0. The Hall–Kier alpha value is -2.01. The Morgan fingerprint density at radius 2 is 1.63 bits per heavy atom. The minimum atomic E-state index is -1.56. The third kappa shape index (κ3) is 2.56. The minimum Gasteiger partial charge on any atom is -0.496 e. The lowest BCUT2D eigenvalue weighted by molar-refractivity contribution is 0.213. The van der Waals surface area contributed by atoms with Gasteiger partial charge in [-0.05, 0) is 23.8 Å². The Morgan fingerprint density at radius 3 is 2.21 bits per heavy atom. The van der Waals surface area contributed by atoms with Crippen molar-refractivity contribution in [2.24, 2.45) is 0 Å². The van der Waals surface area contributed by atoms with Crippen molar-refractivity contribution >= 4 is 0 Å². The molecule has 1 unspecified atom stereocenters. The maximum atomic E-state index is 13.1. The van der Waals surface area contributed by atoms with Crippen molar-refractivity contribution in [1.82, 2.24) is 0 Å². The fourth-order valence-electron chi connectivity index (χ4n) is 1.80. The largest absolute Gasteiger partial charge is 0.496 e. The summed E-state index contributed by atoms with van der Waals surface area (Å²) in [5, 5.41) is 10.1. The van der Waals surface area contributed by atoms with Crippen LogP contribution in [-0.2, 0) is 0 Å². The van der Waals surface area contributed by atoms with Gasteiger partial charge in [-0.1, -0.05) is 18.2 Å². The molecule has 0 radical (unpaired) electrons. The summed E-state index contributed by atoms with van der Waals surface area (Å²) in [4.78, 5) is 0. The van der Waals surface area contributed by atoms with Gasteiger partial charge in [-0.3, -0.25) is 0 Å². The maximum absolute atomic E-state index is 13.1. The summed E-state index contributed by atoms with van der Waals surface area (Å²) in [5.41, 5.74) is 0.260. The quantitative estimate of drug-likeness (QED) is 0.866. The predicted molar refractivity (Wildman–Crippen MR) is 63.4 cm³/mol. The number of aliphatic hydroxyl groups is 1. The third-order valence-electron chi connectivity index (χ3n) is 2.76. The highest BCUT2D eigenvalue weighted by Gasteiger charge is 2.19. The van der Waals surface area contributed by atoms with E-state index < -0.39 is 23.6 Å². The van der Waals surface area contributed by atoms with Gasteiger partial charge in [0.15, 0.2) is 17.5 Å². The van der Waals surface area contributed by atoms with Gasteiger partial charge < -0.3 is 9.84 Å². The summed E-state index contributed by atoms with van der Waals surface area (Å²) < 4.78 is 44.2. The highest BCUT2D eigenvalue weighted by Crippen LogP contribution is 2.30. The third-order valence-corrected chi connectivity index (χ3v) is 2.76. The zero-order chi connectivity index (χ0) is 14.0. The molecule has 2 aromatic carbocycles. The Kier molecular flexibility index (Phi) is 3.76.